The number of rotatable bonds is 3. The zero-order valence-corrected chi connectivity index (χ0v) is 9.85. The van der Waals surface area contributed by atoms with E-state index in [9.17, 15) is 13.2 Å². The molecule has 0 fully saturated rings. The van der Waals surface area contributed by atoms with Crippen molar-refractivity contribution in [3.63, 3.8) is 0 Å². The number of carbonyl (C=O) groups is 1. The molecular formula is C7H14ClNO4S. The molecule has 0 aromatic rings. The van der Waals surface area contributed by atoms with Crippen molar-refractivity contribution >= 4 is 25.7 Å². The Morgan fingerprint density at radius 1 is 1.50 bits per heavy atom. The smallest absolute Gasteiger partial charge is 0.324 e. The van der Waals surface area contributed by atoms with E-state index in [1.807, 2.05) is 0 Å². The highest BCUT2D eigenvalue weighted by atomic mass is 35.7. The summed E-state index contributed by atoms with van der Waals surface area (Å²) in [4.78, 5) is 11.2. The topological polar surface area (TPSA) is 86.5 Å². The summed E-state index contributed by atoms with van der Waals surface area (Å²) in [6, 6.07) is -1.24. The minimum atomic E-state index is -3.78. The first kappa shape index (κ1) is 13.7. The lowest BCUT2D eigenvalue weighted by molar-refractivity contribution is -0.155. The molecule has 1 atom stereocenters. The van der Waals surface area contributed by atoms with E-state index < -0.39 is 32.4 Å². The summed E-state index contributed by atoms with van der Waals surface area (Å²) < 4.78 is 26.0. The predicted molar refractivity (Wildman–Crippen MR) is 53.5 cm³/mol. The van der Waals surface area contributed by atoms with Crippen molar-refractivity contribution in [2.24, 2.45) is 5.73 Å². The van der Waals surface area contributed by atoms with Gasteiger partial charge in [-0.25, -0.2) is 8.42 Å². The second kappa shape index (κ2) is 4.46. The maximum Gasteiger partial charge on any atom is 0.324 e. The van der Waals surface area contributed by atoms with Crippen molar-refractivity contribution < 1.29 is 17.9 Å². The van der Waals surface area contributed by atoms with Gasteiger partial charge < -0.3 is 10.5 Å². The number of hydrogen-bond donors (Lipinski definition) is 1. The number of carbonyl (C=O) groups excluding carboxylic acids is 1. The molecule has 2 N–H and O–H groups in total. The highest BCUT2D eigenvalue weighted by Crippen LogP contribution is 2.09. The Morgan fingerprint density at radius 3 is 2.21 bits per heavy atom. The van der Waals surface area contributed by atoms with Crippen molar-refractivity contribution in [2.45, 2.75) is 32.4 Å². The second-order valence-electron chi connectivity index (χ2n) is 3.85. The summed E-state index contributed by atoms with van der Waals surface area (Å²) in [5.41, 5.74) is 4.58. The highest BCUT2D eigenvalue weighted by Gasteiger charge is 2.25. The Balaban J connectivity index is 4.29. The molecule has 0 unspecified atom stereocenters. The average molecular weight is 244 g/mol. The normalized spacial score (nSPS) is 14.9. The molecule has 7 heteroatoms. The number of nitrogens with two attached hydrogens (primary N) is 1. The first-order valence-electron chi connectivity index (χ1n) is 3.92. The Bertz CT molecular complexity index is 306. The fraction of sp³-hybridized carbons (Fsp3) is 0.857. The first-order valence-corrected chi connectivity index (χ1v) is 6.40. The quantitative estimate of drug-likeness (QED) is 0.566. The van der Waals surface area contributed by atoms with Gasteiger partial charge in [0.05, 0.1) is 5.75 Å². The molecule has 0 rings (SSSR count). The monoisotopic (exact) mass is 243 g/mol. The van der Waals surface area contributed by atoms with Gasteiger partial charge in [0.15, 0.2) is 0 Å². The summed E-state index contributed by atoms with van der Waals surface area (Å²) >= 11 is 0. The maximum absolute atomic E-state index is 11.2. The molecule has 0 amide bonds. The molecule has 0 spiro atoms. The third-order valence-electron chi connectivity index (χ3n) is 1.09. The van der Waals surface area contributed by atoms with Gasteiger partial charge in [-0.1, -0.05) is 0 Å². The molecule has 0 aliphatic heterocycles. The zero-order valence-electron chi connectivity index (χ0n) is 8.28. The van der Waals surface area contributed by atoms with Crippen molar-refractivity contribution in [3.8, 4) is 0 Å². The van der Waals surface area contributed by atoms with E-state index in [0.29, 0.717) is 0 Å². The van der Waals surface area contributed by atoms with Crippen LogP contribution in [0.5, 0.6) is 0 Å². The molecular weight excluding hydrogens is 230 g/mol. The molecule has 0 aliphatic carbocycles. The van der Waals surface area contributed by atoms with Gasteiger partial charge in [-0.2, -0.15) is 0 Å². The van der Waals surface area contributed by atoms with Gasteiger partial charge in [0.1, 0.15) is 11.6 Å². The van der Waals surface area contributed by atoms with E-state index in [4.69, 9.17) is 21.2 Å². The van der Waals surface area contributed by atoms with Crippen LogP contribution in [-0.2, 0) is 18.6 Å². The number of hydrogen-bond acceptors (Lipinski definition) is 5. The minimum absolute atomic E-state index is 0.622. The number of esters is 1. The van der Waals surface area contributed by atoms with Gasteiger partial charge in [-0.05, 0) is 20.8 Å². The molecule has 0 aromatic carbocycles. The van der Waals surface area contributed by atoms with Crippen molar-refractivity contribution in [1.29, 1.82) is 0 Å². The summed E-state index contributed by atoms with van der Waals surface area (Å²) in [5, 5.41) is 0. The third kappa shape index (κ3) is 7.11. The van der Waals surface area contributed by atoms with Gasteiger partial charge in [0, 0.05) is 10.7 Å². The molecule has 0 aromatic heterocycles. The summed E-state index contributed by atoms with van der Waals surface area (Å²) in [7, 11) is 1.15. The molecule has 0 radical (unpaired) electrons. The van der Waals surface area contributed by atoms with Crippen molar-refractivity contribution in [3.05, 3.63) is 0 Å². The van der Waals surface area contributed by atoms with Crippen LogP contribution in [0.15, 0.2) is 0 Å². The van der Waals surface area contributed by atoms with E-state index in [2.05, 4.69) is 0 Å². The number of ether oxygens (including phenoxy) is 1. The van der Waals surface area contributed by atoms with Crippen LogP contribution in [0.2, 0.25) is 0 Å². The Kier molecular flexibility index (Phi) is 4.35. The average Bonchev–Trinajstić information content (AvgIpc) is 1.78. The third-order valence-corrected chi connectivity index (χ3v) is 2.22. The largest absolute Gasteiger partial charge is 0.459 e. The fourth-order valence-electron chi connectivity index (χ4n) is 0.660. The first-order chi connectivity index (χ1) is 6.01. The van der Waals surface area contributed by atoms with E-state index in [-0.39, 0.29) is 0 Å². The lowest BCUT2D eigenvalue weighted by Gasteiger charge is -2.21. The van der Waals surface area contributed by atoms with Crippen LogP contribution in [-0.4, -0.2) is 31.8 Å². The van der Waals surface area contributed by atoms with Crippen molar-refractivity contribution in [1.82, 2.24) is 0 Å². The van der Waals surface area contributed by atoms with Gasteiger partial charge in [0.2, 0.25) is 9.05 Å². The van der Waals surface area contributed by atoms with Crippen LogP contribution >= 0.6 is 10.7 Å². The Morgan fingerprint density at radius 2 is 1.93 bits per heavy atom. The fourth-order valence-corrected chi connectivity index (χ4v) is 1.63. The van der Waals surface area contributed by atoms with Crippen LogP contribution in [0.25, 0.3) is 0 Å². The van der Waals surface area contributed by atoms with Gasteiger partial charge in [0.25, 0.3) is 0 Å². The minimum Gasteiger partial charge on any atom is -0.459 e. The van der Waals surface area contributed by atoms with Gasteiger partial charge >= 0.3 is 5.97 Å². The Labute approximate surface area is 88.0 Å². The van der Waals surface area contributed by atoms with Gasteiger partial charge in [-0.15, -0.1) is 0 Å². The maximum atomic E-state index is 11.2. The summed E-state index contributed by atoms with van der Waals surface area (Å²) in [6.07, 6.45) is 0. The molecule has 5 nitrogen and oxygen atoms in total. The summed E-state index contributed by atoms with van der Waals surface area (Å²) in [6.45, 7) is 4.98. The zero-order chi connectivity index (χ0) is 11.6. The molecule has 0 heterocycles. The summed E-state index contributed by atoms with van der Waals surface area (Å²) in [5.74, 6) is -1.40. The van der Waals surface area contributed by atoms with Crippen LogP contribution < -0.4 is 5.73 Å². The highest BCUT2D eigenvalue weighted by molar-refractivity contribution is 8.13. The number of halogens is 1. The molecule has 84 valence electrons. The molecule has 0 aliphatic rings. The SMILES string of the molecule is CC(C)(C)OC(=O)[C@H](N)CS(=O)(=O)Cl. The van der Waals surface area contributed by atoms with Gasteiger partial charge in [-0.3, -0.25) is 4.79 Å². The van der Waals surface area contributed by atoms with E-state index >= 15 is 0 Å². The standard InChI is InChI=1S/C7H14ClNO4S/c1-7(2,3)13-6(10)5(9)4-14(8,11)12/h5H,4,9H2,1-3H3/t5-/m1/s1. The van der Waals surface area contributed by atoms with Crippen LogP contribution in [0.1, 0.15) is 20.8 Å². The second-order valence-corrected chi connectivity index (χ2v) is 6.67. The van der Waals surface area contributed by atoms with Crippen LogP contribution in [0.4, 0.5) is 0 Å². The predicted octanol–water partition coefficient (Wildman–Crippen LogP) is 0.224. The molecule has 0 saturated heterocycles. The Hall–Kier alpha value is -0.330. The molecule has 0 saturated carbocycles. The lowest BCUT2D eigenvalue weighted by atomic mass is 10.2. The molecule has 0 bridgehead atoms. The van der Waals surface area contributed by atoms with E-state index in [1.54, 1.807) is 20.8 Å². The lowest BCUT2D eigenvalue weighted by Crippen LogP contribution is -2.41. The van der Waals surface area contributed by atoms with Crippen molar-refractivity contribution in [2.75, 3.05) is 5.75 Å². The molecule has 14 heavy (non-hydrogen) atoms. The van der Waals surface area contributed by atoms with Crippen LogP contribution in [0.3, 0.4) is 0 Å². The van der Waals surface area contributed by atoms with E-state index in [1.165, 1.54) is 0 Å². The van der Waals surface area contributed by atoms with E-state index in [0.717, 1.165) is 0 Å². The van der Waals surface area contributed by atoms with Crippen LogP contribution in [0, 0.1) is 0 Å².